The Bertz CT molecular complexity index is 831. The van der Waals surface area contributed by atoms with Crippen molar-refractivity contribution >= 4 is 35.5 Å². The first kappa shape index (κ1) is 15.7. The van der Waals surface area contributed by atoms with Crippen molar-refractivity contribution in [3.63, 3.8) is 0 Å². The Morgan fingerprint density at radius 3 is 2.54 bits per heavy atom. The number of rotatable bonds is 2. The normalized spacial score (nSPS) is 15.0. The van der Waals surface area contributed by atoms with Crippen LogP contribution in [0.5, 0.6) is 0 Å². The molecule has 0 saturated carbocycles. The maximum absolute atomic E-state index is 11.9. The number of carbonyl (C=O) groups excluding carboxylic acids is 2. The standard InChI is InChI=1S/C16H12ClN5O2/c17-12-3-1-10(2-4-12)9-13-15(24)20-16(19-13)22-21-14(23)11-5-7-18-8-6-11/h1-9H,(H,21,23)(H2,19,20,22,24)/b13-9-. The average Bonchev–Trinajstić information content (AvgIpc) is 2.95. The van der Waals surface area contributed by atoms with Crippen LogP contribution in [0, 0.1) is 0 Å². The van der Waals surface area contributed by atoms with Gasteiger partial charge in [-0.15, -0.1) is 0 Å². The summed E-state index contributed by atoms with van der Waals surface area (Å²) in [6.45, 7) is 0. The van der Waals surface area contributed by atoms with Gasteiger partial charge in [-0.25, -0.2) is 4.99 Å². The summed E-state index contributed by atoms with van der Waals surface area (Å²) in [5, 5.41) is 3.13. The van der Waals surface area contributed by atoms with E-state index in [4.69, 9.17) is 11.6 Å². The van der Waals surface area contributed by atoms with Crippen LogP contribution in [-0.2, 0) is 4.79 Å². The zero-order valence-electron chi connectivity index (χ0n) is 12.3. The fourth-order valence-electron chi connectivity index (χ4n) is 1.94. The van der Waals surface area contributed by atoms with Gasteiger partial charge in [-0.05, 0) is 35.9 Å². The molecule has 0 aliphatic carbocycles. The Hall–Kier alpha value is -3.19. The minimum Gasteiger partial charge on any atom is -0.290 e. The van der Waals surface area contributed by atoms with Gasteiger partial charge in [-0.3, -0.25) is 30.7 Å². The van der Waals surface area contributed by atoms with E-state index >= 15 is 0 Å². The number of hydrazine groups is 1. The highest BCUT2D eigenvalue weighted by Crippen LogP contribution is 2.14. The highest BCUT2D eigenvalue weighted by Gasteiger charge is 2.20. The number of amides is 2. The molecule has 2 amide bonds. The second-order valence-corrected chi connectivity index (χ2v) is 5.25. The van der Waals surface area contributed by atoms with Crippen molar-refractivity contribution in [1.29, 1.82) is 0 Å². The monoisotopic (exact) mass is 341 g/mol. The van der Waals surface area contributed by atoms with Crippen LogP contribution < -0.4 is 16.2 Å². The second kappa shape index (κ2) is 6.93. The Kier molecular flexibility index (Phi) is 4.53. The van der Waals surface area contributed by atoms with E-state index in [1.165, 1.54) is 12.4 Å². The van der Waals surface area contributed by atoms with Crippen molar-refractivity contribution in [3.05, 3.63) is 70.6 Å². The number of nitrogens with one attached hydrogen (secondary N) is 3. The molecule has 120 valence electrons. The Morgan fingerprint density at radius 2 is 1.83 bits per heavy atom. The molecule has 1 aromatic carbocycles. The average molecular weight is 342 g/mol. The number of halogens is 1. The number of aromatic nitrogens is 1. The summed E-state index contributed by atoms with van der Waals surface area (Å²) in [6.07, 6.45) is 4.64. The molecule has 0 atom stereocenters. The van der Waals surface area contributed by atoms with E-state index in [2.05, 4.69) is 26.1 Å². The summed E-state index contributed by atoms with van der Waals surface area (Å²) in [4.78, 5) is 31.7. The van der Waals surface area contributed by atoms with Gasteiger partial charge in [0, 0.05) is 23.0 Å². The summed E-state index contributed by atoms with van der Waals surface area (Å²) in [5.41, 5.74) is 6.46. The minimum atomic E-state index is -0.371. The molecule has 0 saturated heterocycles. The molecule has 1 aliphatic heterocycles. The quantitative estimate of drug-likeness (QED) is 0.569. The fraction of sp³-hybridized carbons (Fsp3) is 0. The Balaban J connectivity index is 1.66. The number of carbonyl (C=O) groups is 2. The third-order valence-electron chi connectivity index (χ3n) is 3.11. The molecule has 0 spiro atoms. The van der Waals surface area contributed by atoms with Crippen LogP contribution in [0.1, 0.15) is 15.9 Å². The fourth-order valence-corrected chi connectivity index (χ4v) is 2.06. The van der Waals surface area contributed by atoms with Gasteiger partial charge < -0.3 is 0 Å². The molecule has 3 N–H and O–H groups in total. The van der Waals surface area contributed by atoms with E-state index in [0.717, 1.165) is 5.56 Å². The minimum absolute atomic E-state index is 0.141. The van der Waals surface area contributed by atoms with Crippen LogP contribution in [0.3, 0.4) is 0 Å². The Labute approximate surface area is 142 Å². The van der Waals surface area contributed by atoms with Gasteiger partial charge in [0.1, 0.15) is 5.70 Å². The third-order valence-corrected chi connectivity index (χ3v) is 3.36. The predicted molar refractivity (Wildman–Crippen MR) is 89.8 cm³/mol. The van der Waals surface area contributed by atoms with Crippen molar-refractivity contribution in [2.24, 2.45) is 4.99 Å². The summed E-state index contributed by atoms with van der Waals surface area (Å²) < 4.78 is 0. The van der Waals surface area contributed by atoms with E-state index in [9.17, 15) is 9.59 Å². The molecule has 1 aliphatic rings. The largest absolute Gasteiger partial charge is 0.290 e. The van der Waals surface area contributed by atoms with Crippen molar-refractivity contribution in [1.82, 2.24) is 21.2 Å². The number of pyridine rings is 1. The lowest BCUT2D eigenvalue weighted by atomic mass is 10.2. The number of benzene rings is 1. The van der Waals surface area contributed by atoms with E-state index in [1.54, 1.807) is 42.5 Å². The summed E-state index contributed by atoms with van der Waals surface area (Å²) in [5.74, 6) is -0.599. The number of guanidine groups is 1. The van der Waals surface area contributed by atoms with Crippen LogP contribution >= 0.6 is 11.6 Å². The van der Waals surface area contributed by atoms with Gasteiger partial charge in [0.25, 0.3) is 11.8 Å². The molecule has 0 bridgehead atoms. The molecular formula is C16H12ClN5O2. The van der Waals surface area contributed by atoms with Crippen molar-refractivity contribution in [3.8, 4) is 0 Å². The molecule has 2 heterocycles. The zero-order valence-corrected chi connectivity index (χ0v) is 13.0. The van der Waals surface area contributed by atoms with Crippen LogP contribution in [-0.4, -0.2) is 22.8 Å². The first-order valence-electron chi connectivity index (χ1n) is 6.95. The topological polar surface area (TPSA) is 95.5 Å². The number of hydrogen-bond acceptors (Lipinski definition) is 5. The van der Waals surface area contributed by atoms with Crippen LogP contribution in [0.25, 0.3) is 6.08 Å². The third kappa shape index (κ3) is 3.76. The number of aliphatic imine (C=N–C) groups is 1. The van der Waals surface area contributed by atoms with E-state index in [0.29, 0.717) is 10.6 Å². The highest BCUT2D eigenvalue weighted by molar-refractivity contribution is 6.30. The molecule has 3 rings (SSSR count). The van der Waals surface area contributed by atoms with Crippen molar-refractivity contribution in [2.75, 3.05) is 0 Å². The maximum Gasteiger partial charge on any atom is 0.276 e. The molecule has 0 radical (unpaired) electrons. The highest BCUT2D eigenvalue weighted by atomic mass is 35.5. The zero-order chi connectivity index (χ0) is 16.9. The lowest BCUT2D eigenvalue weighted by Crippen LogP contribution is -2.47. The maximum atomic E-state index is 11.9. The molecule has 0 unspecified atom stereocenters. The van der Waals surface area contributed by atoms with Gasteiger partial charge in [0.15, 0.2) is 0 Å². The SMILES string of the molecule is O=C1NC(NNC(=O)c2ccncc2)=N/C1=C\c1ccc(Cl)cc1. The summed E-state index contributed by atoms with van der Waals surface area (Å²) in [6, 6.07) is 10.1. The Morgan fingerprint density at radius 1 is 1.12 bits per heavy atom. The molecule has 7 nitrogen and oxygen atoms in total. The van der Waals surface area contributed by atoms with E-state index in [-0.39, 0.29) is 23.5 Å². The van der Waals surface area contributed by atoms with Crippen LogP contribution in [0.15, 0.2) is 59.5 Å². The van der Waals surface area contributed by atoms with Gasteiger partial charge >= 0.3 is 0 Å². The molecule has 0 fully saturated rings. The lowest BCUT2D eigenvalue weighted by Gasteiger charge is -2.06. The number of nitrogens with zero attached hydrogens (tertiary/aromatic N) is 2. The number of hydrogen-bond donors (Lipinski definition) is 3. The van der Waals surface area contributed by atoms with Gasteiger partial charge in [-0.1, -0.05) is 23.7 Å². The van der Waals surface area contributed by atoms with Crippen molar-refractivity contribution < 1.29 is 9.59 Å². The van der Waals surface area contributed by atoms with E-state index < -0.39 is 0 Å². The lowest BCUT2D eigenvalue weighted by molar-refractivity contribution is -0.115. The molecule has 2 aromatic rings. The second-order valence-electron chi connectivity index (χ2n) is 4.81. The summed E-state index contributed by atoms with van der Waals surface area (Å²) >= 11 is 5.82. The van der Waals surface area contributed by atoms with Crippen LogP contribution in [0.4, 0.5) is 0 Å². The van der Waals surface area contributed by atoms with Gasteiger partial charge in [-0.2, -0.15) is 0 Å². The molecule has 8 heteroatoms. The predicted octanol–water partition coefficient (Wildman–Crippen LogP) is 1.50. The smallest absolute Gasteiger partial charge is 0.276 e. The molecular weight excluding hydrogens is 330 g/mol. The van der Waals surface area contributed by atoms with Gasteiger partial charge in [0.05, 0.1) is 0 Å². The molecule has 1 aromatic heterocycles. The van der Waals surface area contributed by atoms with Crippen LogP contribution in [0.2, 0.25) is 5.02 Å². The summed E-state index contributed by atoms with van der Waals surface area (Å²) in [7, 11) is 0. The molecule has 24 heavy (non-hydrogen) atoms. The van der Waals surface area contributed by atoms with Gasteiger partial charge in [0.2, 0.25) is 5.96 Å². The van der Waals surface area contributed by atoms with E-state index in [1.807, 2.05) is 0 Å². The van der Waals surface area contributed by atoms with Crippen molar-refractivity contribution in [2.45, 2.75) is 0 Å². The first-order valence-corrected chi connectivity index (χ1v) is 7.33. The first-order chi connectivity index (χ1) is 11.6.